The van der Waals surface area contributed by atoms with E-state index in [9.17, 15) is 4.79 Å². The van der Waals surface area contributed by atoms with E-state index in [4.69, 9.17) is 4.74 Å². The number of hydrogen-bond acceptors (Lipinski definition) is 5. The van der Waals surface area contributed by atoms with E-state index >= 15 is 0 Å². The van der Waals surface area contributed by atoms with Crippen LogP contribution in [0, 0.1) is 6.92 Å². The van der Waals surface area contributed by atoms with E-state index in [1.54, 1.807) is 10.7 Å². The number of piperazine rings is 1. The summed E-state index contributed by atoms with van der Waals surface area (Å²) in [5.41, 5.74) is 3.22. The van der Waals surface area contributed by atoms with Gasteiger partial charge in [-0.05, 0) is 37.6 Å². The Kier molecular flexibility index (Phi) is 5.25. The summed E-state index contributed by atoms with van der Waals surface area (Å²) in [6.07, 6.45) is 3.52. The van der Waals surface area contributed by atoms with E-state index in [2.05, 4.69) is 27.1 Å². The standard InChI is InChI=1S/C21H25N5O2/c1-3-28-18-7-5-17(6-8-18)15-24-11-13-25(14-12-24)21(27)19-16(2)23-26-10-4-9-22-20(19)26/h4-10H,3,11-15H2,1-2H3. The van der Waals surface area contributed by atoms with Gasteiger partial charge in [0.1, 0.15) is 11.3 Å². The van der Waals surface area contributed by atoms with E-state index in [1.807, 2.05) is 43.1 Å². The first kappa shape index (κ1) is 18.4. The van der Waals surface area contributed by atoms with Crippen LogP contribution in [0.25, 0.3) is 5.65 Å². The van der Waals surface area contributed by atoms with E-state index in [1.165, 1.54) is 5.56 Å². The highest BCUT2D eigenvalue weighted by molar-refractivity contribution is 6.01. The van der Waals surface area contributed by atoms with Gasteiger partial charge in [0.05, 0.1) is 12.3 Å². The summed E-state index contributed by atoms with van der Waals surface area (Å²) in [6.45, 7) is 8.53. The van der Waals surface area contributed by atoms with E-state index in [0.29, 0.717) is 30.9 Å². The van der Waals surface area contributed by atoms with Crippen molar-refractivity contribution in [3.05, 3.63) is 59.5 Å². The molecule has 1 aromatic carbocycles. The zero-order valence-electron chi connectivity index (χ0n) is 16.3. The Hall–Kier alpha value is -2.93. The van der Waals surface area contributed by atoms with Crippen molar-refractivity contribution in [3.63, 3.8) is 0 Å². The molecule has 0 unspecified atom stereocenters. The lowest BCUT2D eigenvalue weighted by atomic mass is 10.1. The molecule has 0 N–H and O–H groups in total. The maximum Gasteiger partial charge on any atom is 0.259 e. The molecule has 3 heterocycles. The van der Waals surface area contributed by atoms with E-state index in [-0.39, 0.29) is 5.91 Å². The minimum Gasteiger partial charge on any atom is -0.494 e. The fourth-order valence-corrected chi connectivity index (χ4v) is 3.63. The Morgan fingerprint density at radius 2 is 1.89 bits per heavy atom. The summed E-state index contributed by atoms with van der Waals surface area (Å²) in [6, 6.07) is 10.1. The molecule has 1 aliphatic heterocycles. The summed E-state index contributed by atoms with van der Waals surface area (Å²) >= 11 is 0. The van der Waals surface area contributed by atoms with Crippen LogP contribution in [-0.2, 0) is 6.54 Å². The highest BCUT2D eigenvalue weighted by Crippen LogP contribution is 2.18. The normalized spacial score (nSPS) is 15.1. The topological polar surface area (TPSA) is 63.0 Å². The molecule has 2 aromatic heterocycles. The van der Waals surface area contributed by atoms with Gasteiger partial charge in [-0.2, -0.15) is 5.10 Å². The lowest BCUT2D eigenvalue weighted by molar-refractivity contribution is 0.0629. The number of carbonyl (C=O) groups excluding carboxylic acids is 1. The van der Waals surface area contributed by atoms with Crippen LogP contribution >= 0.6 is 0 Å². The number of aryl methyl sites for hydroxylation is 1. The quantitative estimate of drug-likeness (QED) is 0.681. The van der Waals surface area contributed by atoms with Crippen molar-refractivity contribution < 1.29 is 9.53 Å². The van der Waals surface area contributed by atoms with Crippen molar-refractivity contribution in [1.82, 2.24) is 24.4 Å². The first-order chi connectivity index (χ1) is 13.7. The Morgan fingerprint density at radius 3 is 2.61 bits per heavy atom. The van der Waals surface area contributed by atoms with Crippen molar-refractivity contribution >= 4 is 11.6 Å². The minimum absolute atomic E-state index is 0.0203. The van der Waals surface area contributed by atoms with Crippen LogP contribution in [0.2, 0.25) is 0 Å². The van der Waals surface area contributed by atoms with Gasteiger partial charge < -0.3 is 9.64 Å². The Labute approximate surface area is 164 Å². The lowest BCUT2D eigenvalue weighted by Gasteiger charge is -2.34. The molecular formula is C21H25N5O2. The highest BCUT2D eigenvalue weighted by Gasteiger charge is 2.26. The molecule has 0 bridgehead atoms. The van der Waals surface area contributed by atoms with Gasteiger partial charge in [-0.15, -0.1) is 0 Å². The number of ether oxygens (including phenoxy) is 1. The van der Waals surface area contributed by atoms with Crippen LogP contribution in [-0.4, -0.2) is 63.1 Å². The molecule has 0 aliphatic carbocycles. The van der Waals surface area contributed by atoms with Gasteiger partial charge in [0, 0.05) is 45.1 Å². The first-order valence-electron chi connectivity index (χ1n) is 9.69. The molecule has 7 heteroatoms. The molecule has 0 spiro atoms. The number of carbonyl (C=O) groups is 1. The minimum atomic E-state index is 0.0203. The number of amides is 1. The average Bonchev–Trinajstić information content (AvgIpc) is 3.05. The summed E-state index contributed by atoms with van der Waals surface area (Å²) in [5.74, 6) is 0.922. The third kappa shape index (κ3) is 3.71. The smallest absolute Gasteiger partial charge is 0.259 e. The summed E-state index contributed by atoms with van der Waals surface area (Å²) < 4.78 is 7.17. The molecule has 28 heavy (non-hydrogen) atoms. The first-order valence-corrected chi connectivity index (χ1v) is 9.69. The Balaban J connectivity index is 1.38. The van der Waals surface area contributed by atoms with Crippen LogP contribution in [0.15, 0.2) is 42.7 Å². The lowest BCUT2D eigenvalue weighted by Crippen LogP contribution is -2.48. The van der Waals surface area contributed by atoms with Gasteiger partial charge >= 0.3 is 0 Å². The molecule has 1 saturated heterocycles. The number of hydrogen-bond donors (Lipinski definition) is 0. The Morgan fingerprint density at radius 1 is 1.14 bits per heavy atom. The molecular weight excluding hydrogens is 354 g/mol. The molecule has 1 fully saturated rings. The van der Waals surface area contributed by atoms with E-state index < -0.39 is 0 Å². The van der Waals surface area contributed by atoms with Crippen LogP contribution in [0.4, 0.5) is 0 Å². The van der Waals surface area contributed by atoms with Crippen molar-refractivity contribution in [2.24, 2.45) is 0 Å². The van der Waals surface area contributed by atoms with Gasteiger partial charge in [-0.25, -0.2) is 9.50 Å². The van der Waals surface area contributed by atoms with Gasteiger partial charge in [0.2, 0.25) is 0 Å². The van der Waals surface area contributed by atoms with Crippen LogP contribution in [0.5, 0.6) is 5.75 Å². The van der Waals surface area contributed by atoms with Gasteiger partial charge in [-0.1, -0.05) is 12.1 Å². The van der Waals surface area contributed by atoms with Crippen molar-refractivity contribution in [2.75, 3.05) is 32.8 Å². The summed E-state index contributed by atoms with van der Waals surface area (Å²) in [5, 5.41) is 4.41. The zero-order chi connectivity index (χ0) is 19.5. The molecule has 0 radical (unpaired) electrons. The monoisotopic (exact) mass is 379 g/mol. The highest BCUT2D eigenvalue weighted by atomic mass is 16.5. The number of benzene rings is 1. The second-order valence-corrected chi connectivity index (χ2v) is 6.99. The van der Waals surface area contributed by atoms with E-state index in [0.717, 1.165) is 31.1 Å². The van der Waals surface area contributed by atoms with Crippen molar-refractivity contribution in [1.29, 1.82) is 0 Å². The number of rotatable bonds is 5. The fraction of sp³-hybridized carbons (Fsp3) is 0.381. The average molecular weight is 379 g/mol. The molecule has 146 valence electrons. The zero-order valence-corrected chi connectivity index (χ0v) is 16.3. The predicted octanol–water partition coefficient (Wildman–Crippen LogP) is 2.39. The molecule has 0 atom stereocenters. The molecule has 7 nitrogen and oxygen atoms in total. The summed E-state index contributed by atoms with van der Waals surface area (Å²) in [7, 11) is 0. The largest absolute Gasteiger partial charge is 0.494 e. The molecule has 4 rings (SSSR count). The molecule has 0 saturated carbocycles. The van der Waals surface area contributed by atoms with Gasteiger partial charge in [-0.3, -0.25) is 9.69 Å². The maximum atomic E-state index is 13.1. The number of fused-ring (bicyclic) bond motifs is 1. The van der Waals surface area contributed by atoms with Gasteiger partial charge in [0.15, 0.2) is 5.65 Å². The van der Waals surface area contributed by atoms with Crippen LogP contribution in [0.3, 0.4) is 0 Å². The van der Waals surface area contributed by atoms with Crippen molar-refractivity contribution in [2.45, 2.75) is 20.4 Å². The SMILES string of the molecule is CCOc1ccc(CN2CCN(C(=O)c3c(C)nn4cccnc34)CC2)cc1. The second-order valence-electron chi connectivity index (χ2n) is 6.99. The molecule has 1 aliphatic rings. The van der Waals surface area contributed by atoms with Crippen LogP contribution < -0.4 is 4.74 Å². The number of nitrogens with zero attached hydrogens (tertiary/aromatic N) is 5. The Bertz CT molecular complexity index is 959. The van der Waals surface area contributed by atoms with Crippen molar-refractivity contribution in [3.8, 4) is 5.75 Å². The summed E-state index contributed by atoms with van der Waals surface area (Å²) in [4.78, 5) is 21.7. The van der Waals surface area contributed by atoms with Crippen LogP contribution in [0.1, 0.15) is 28.5 Å². The molecule has 3 aromatic rings. The third-order valence-corrected chi connectivity index (χ3v) is 5.08. The third-order valence-electron chi connectivity index (χ3n) is 5.08. The fourth-order valence-electron chi connectivity index (χ4n) is 3.63. The second kappa shape index (κ2) is 7.98. The predicted molar refractivity (Wildman–Crippen MR) is 107 cm³/mol. The maximum absolute atomic E-state index is 13.1. The molecule has 1 amide bonds. The van der Waals surface area contributed by atoms with Gasteiger partial charge in [0.25, 0.3) is 5.91 Å². The number of aromatic nitrogens is 3.